The molecular formula is C12H10ClF2N5O2S. The molecule has 0 amide bonds. The minimum Gasteiger partial charge on any atom is -0.360 e. The fraction of sp³-hybridized carbons (Fsp3) is 0.167. The van der Waals surface area contributed by atoms with Crippen LogP contribution in [0, 0.1) is 0 Å². The number of H-pyrrole nitrogens is 1. The maximum Gasteiger partial charge on any atom is 0.283 e. The van der Waals surface area contributed by atoms with Crippen LogP contribution in [0.5, 0.6) is 0 Å². The molecule has 0 saturated heterocycles. The second-order valence-electron chi connectivity index (χ2n) is 4.70. The number of aromatic amines is 1. The van der Waals surface area contributed by atoms with Crippen LogP contribution in [0.4, 0.5) is 14.6 Å². The van der Waals surface area contributed by atoms with Crippen molar-refractivity contribution < 1.29 is 17.2 Å². The Bertz CT molecular complexity index is 983. The predicted molar refractivity (Wildman–Crippen MR) is 80.1 cm³/mol. The number of nitrogens with zero attached hydrogens (tertiary/aromatic N) is 3. The van der Waals surface area contributed by atoms with Gasteiger partial charge in [0.05, 0.1) is 0 Å². The van der Waals surface area contributed by atoms with Crippen LogP contribution in [0.3, 0.4) is 0 Å². The van der Waals surface area contributed by atoms with E-state index in [1.54, 1.807) is 6.07 Å². The summed E-state index contributed by atoms with van der Waals surface area (Å²) in [6.45, 7) is 0. The van der Waals surface area contributed by atoms with Gasteiger partial charge in [-0.3, -0.25) is 4.72 Å². The highest BCUT2D eigenvalue weighted by molar-refractivity contribution is 7.93. The van der Waals surface area contributed by atoms with Gasteiger partial charge >= 0.3 is 0 Å². The first-order valence-electron chi connectivity index (χ1n) is 6.27. The largest absolute Gasteiger partial charge is 0.360 e. The van der Waals surface area contributed by atoms with Crippen molar-refractivity contribution in [3.8, 4) is 0 Å². The average Bonchev–Trinajstić information content (AvgIpc) is 3.02. The van der Waals surface area contributed by atoms with Gasteiger partial charge in [-0.15, -0.1) is 5.10 Å². The first kappa shape index (κ1) is 15.7. The topological polar surface area (TPSA) is 92.7 Å². The fourth-order valence-electron chi connectivity index (χ4n) is 2.16. The van der Waals surface area contributed by atoms with Gasteiger partial charge in [-0.2, -0.15) is 0 Å². The van der Waals surface area contributed by atoms with Crippen LogP contribution in [-0.4, -0.2) is 28.4 Å². The number of hydrogen-bond acceptors (Lipinski definition) is 4. The third kappa shape index (κ3) is 2.75. The number of nitrogens with one attached hydrogen (secondary N) is 2. The van der Waals surface area contributed by atoms with Crippen molar-refractivity contribution in [3.63, 3.8) is 0 Å². The van der Waals surface area contributed by atoms with Gasteiger partial charge in [0.15, 0.2) is 5.82 Å². The average molecular weight is 362 g/mol. The van der Waals surface area contributed by atoms with Crippen molar-refractivity contribution in [2.45, 2.75) is 11.3 Å². The van der Waals surface area contributed by atoms with Crippen molar-refractivity contribution in [2.75, 3.05) is 4.72 Å². The standard InChI is InChI=1S/C12H10ClF2N5O2S/c1-20-10(11(14)15)12(17-19-20)18-23(21,22)9-5-16-8-4-6(13)2-3-7(8)9/h2-5,11,16,18H,1H3. The van der Waals surface area contributed by atoms with E-state index in [-0.39, 0.29) is 4.90 Å². The number of aromatic nitrogens is 4. The van der Waals surface area contributed by atoms with Crippen LogP contribution in [0.2, 0.25) is 5.02 Å². The quantitative estimate of drug-likeness (QED) is 0.747. The highest BCUT2D eigenvalue weighted by Gasteiger charge is 2.26. The molecule has 2 N–H and O–H groups in total. The lowest BCUT2D eigenvalue weighted by Crippen LogP contribution is -2.14. The molecule has 0 fully saturated rings. The molecule has 3 aromatic rings. The van der Waals surface area contributed by atoms with E-state index in [0.717, 1.165) is 4.68 Å². The minimum absolute atomic E-state index is 0.102. The molecule has 0 saturated carbocycles. The van der Waals surface area contributed by atoms with E-state index in [1.165, 1.54) is 25.4 Å². The monoisotopic (exact) mass is 361 g/mol. The van der Waals surface area contributed by atoms with Crippen LogP contribution in [-0.2, 0) is 17.1 Å². The molecule has 2 heterocycles. The number of sulfonamides is 1. The smallest absolute Gasteiger partial charge is 0.283 e. The summed E-state index contributed by atoms with van der Waals surface area (Å²) in [7, 11) is -2.88. The van der Waals surface area contributed by atoms with Gasteiger partial charge in [-0.1, -0.05) is 16.8 Å². The third-order valence-electron chi connectivity index (χ3n) is 3.20. The Morgan fingerprint density at radius 3 is 2.83 bits per heavy atom. The Labute approximate surface area is 134 Å². The van der Waals surface area contributed by atoms with Gasteiger partial charge in [0.1, 0.15) is 10.6 Å². The summed E-state index contributed by atoms with van der Waals surface area (Å²) in [4.78, 5) is 2.67. The zero-order valence-corrected chi connectivity index (χ0v) is 13.2. The van der Waals surface area contributed by atoms with Gasteiger partial charge in [-0.05, 0) is 18.2 Å². The molecule has 0 aliphatic heterocycles. The number of hydrogen-bond donors (Lipinski definition) is 2. The van der Waals surface area contributed by atoms with E-state index < -0.39 is 28.0 Å². The molecule has 0 radical (unpaired) electrons. The first-order valence-corrected chi connectivity index (χ1v) is 8.13. The maximum absolute atomic E-state index is 13.0. The van der Waals surface area contributed by atoms with Crippen molar-refractivity contribution >= 4 is 38.3 Å². The van der Waals surface area contributed by atoms with E-state index in [1.807, 2.05) is 4.72 Å². The van der Waals surface area contributed by atoms with Crippen molar-refractivity contribution in [2.24, 2.45) is 7.05 Å². The summed E-state index contributed by atoms with van der Waals surface area (Å²) < 4.78 is 53.7. The number of alkyl halides is 2. The zero-order valence-electron chi connectivity index (χ0n) is 11.6. The summed E-state index contributed by atoms with van der Waals surface area (Å²) >= 11 is 5.84. The van der Waals surface area contributed by atoms with Gasteiger partial charge < -0.3 is 4.98 Å². The summed E-state index contributed by atoms with van der Waals surface area (Å²) in [5.74, 6) is -0.509. The van der Waals surface area contributed by atoms with Crippen molar-refractivity contribution in [1.29, 1.82) is 0 Å². The van der Waals surface area contributed by atoms with Crippen LogP contribution >= 0.6 is 11.6 Å². The molecule has 0 bridgehead atoms. The highest BCUT2D eigenvalue weighted by Crippen LogP contribution is 2.29. The predicted octanol–water partition coefficient (Wildman–Crippen LogP) is 2.69. The minimum atomic E-state index is -4.13. The molecule has 2 aromatic heterocycles. The van der Waals surface area contributed by atoms with E-state index in [2.05, 4.69) is 15.3 Å². The Kier molecular flexibility index (Phi) is 3.72. The highest BCUT2D eigenvalue weighted by atomic mass is 35.5. The summed E-state index contributed by atoms with van der Waals surface area (Å²) in [5.41, 5.74) is -0.109. The van der Waals surface area contributed by atoms with E-state index in [0.29, 0.717) is 15.9 Å². The normalized spacial score (nSPS) is 12.2. The lowest BCUT2D eigenvalue weighted by Gasteiger charge is -2.07. The number of aryl methyl sites for hydroxylation is 1. The number of rotatable bonds is 4. The molecule has 7 nitrogen and oxygen atoms in total. The Balaban J connectivity index is 2.05. The third-order valence-corrected chi connectivity index (χ3v) is 4.82. The molecule has 11 heteroatoms. The SMILES string of the molecule is Cn1nnc(NS(=O)(=O)c2c[nH]c3cc(Cl)ccc23)c1C(F)F. The molecule has 23 heavy (non-hydrogen) atoms. The molecule has 0 atom stereocenters. The van der Waals surface area contributed by atoms with Crippen molar-refractivity contribution in [3.05, 3.63) is 35.1 Å². The molecule has 1 aromatic carbocycles. The molecule has 3 rings (SSSR count). The van der Waals surface area contributed by atoms with Crippen LogP contribution < -0.4 is 4.72 Å². The molecular weight excluding hydrogens is 352 g/mol. The zero-order chi connectivity index (χ0) is 16.8. The Hall–Kier alpha value is -2.20. The number of anilines is 1. The fourth-order valence-corrected chi connectivity index (χ4v) is 3.52. The lowest BCUT2D eigenvalue weighted by molar-refractivity contribution is 0.141. The molecule has 0 spiro atoms. The molecule has 0 aliphatic carbocycles. The number of halogens is 3. The molecule has 0 unspecified atom stereocenters. The second kappa shape index (κ2) is 5.46. The molecule has 122 valence electrons. The first-order chi connectivity index (χ1) is 10.8. The van der Waals surface area contributed by atoms with Crippen LogP contribution in [0.25, 0.3) is 10.9 Å². The van der Waals surface area contributed by atoms with E-state index in [4.69, 9.17) is 11.6 Å². The summed E-state index contributed by atoms with van der Waals surface area (Å²) in [6.07, 6.45) is -1.67. The van der Waals surface area contributed by atoms with Gasteiger partial charge in [-0.25, -0.2) is 21.9 Å². The van der Waals surface area contributed by atoms with Gasteiger partial charge in [0.25, 0.3) is 16.4 Å². The Morgan fingerprint density at radius 1 is 1.39 bits per heavy atom. The second-order valence-corrected chi connectivity index (χ2v) is 6.78. The van der Waals surface area contributed by atoms with E-state index >= 15 is 0 Å². The van der Waals surface area contributed by atoms with E-state index in [9.17, 15) is 17.2 Å². The Morgan fingerprint density at radius 2 is 2.13 bits per heavy atom. The number of benzene rings is 1. The van der Waals surface area contributed by atoms with Crippen LogP contribution in [0.1, 0.15) is 12.1 Å². The van der Waals surface area contributed by atoms with Gasteiger partial charge in [0, 0.05) is 29.2 Å². The van der Waals surface area contributed by atoms with Gasteiger partial charge in [0.2, 0.25) is 0 Å². The van der Waals surface area contributed by atoms with Crippen molar-refractivity contribution in [1.82, 2.24) is 20.0 Å². The van der Waals surface area contributed by atoms with Crippen LogP contribution in [0.15, 0.2) is 29.3 Å². The lowest BCUT2D eigenvalue weighted by atomic mass is 10.2. The molecule has 0 aliphatic rings. The summed E-state index contributed by atoms with van der Waals surface area (Å²) in [6, 6.07) is 4.61. The number of fused-ring (bicyclic) bond motifs is 1. The summed E-state index contributed by atoms with van der Waals surface area (Å²) in [5, 5.41) is 7.66. The maximum atomic E-state index is 13.0.